The topological polar surface area (TPSA) is 69.6 Å². The summed E-state index contributed by atoms with van der Waals surface area (Å²) in [5, 5.41) is 12.8. The third-order valence-corrected chi connectivity index (χ3v) is 4.98. The van der Waals surface area contributed by atoms with Gasteiger partial charge in [-0.25, -0.2) is 4.68 Å². The number of rotatable bonds is 4. The van der Waals surface area contributed by atoms with E-state index in [1.807, 2.05) is 16.8 Å². The highest BCUT2D eigenvalue weighted by Crippen LogP contribution is 2.42. The SMILES string of the molecule is CCC1(Cn2nnnc2-c2ccc(N)cc2Cl)CCCC1. The van der Waals surface area contributed by atoms with Gasteiger partial charge in [0, 0.05) is 11.3 Å². The van der Waals surface area contributed by atoms with E-state index < -0.39 is 0 Å². The second-order valence-corrected chi connectivity index (χ2v) is 6.37. The Hall–Kier alpha value is -1.62. The van der Waals surface area contributed by atoms with Crippen LogP contribution < -0.4 is 5.73 Å². The first kappa shape index (κ1) is 14.3. The number of aromatic nitrogens is 4. The average molecular weight is 306 g/mol. The molecule has 0 saturated heterocycles. The highest BCUT2D eigenvalue weighted by molar-refractivity contribution is 6.33. The molecule has 0 spiro atoms. The van der Waals surface area contributed by atoms with Gasteiger partial charge in [-0.05, 0) is 53.3 Å². The molecule has 3 rings (SSSR count). The number of benzene rings is 1. The zero-order valence-corrected chi connectivity index (χ0v) is 13.0. The number of tetrazole rings is 1. The van der Waals surface area contributed by atoms with E-state index in [0.717, 1.165) is 24.4 Å². The Morgan fingerprint density at radius 3 is 2.76 bits per heavy atom. The molecule has 0 amide bonds. The molecule has 5 nitrogen and oxygen atoms in total. The molecule has 1 aliphatic carbocycles. The second kappa shape index (κ2) is 5.64. The summed E-state index contributed by atoms with van der Waals surface area (Å²) in [7, 11) is 0. The number of nitrogens with two attached hydrogens (primary N) is 1. The van der Waals surface area contributed by atoms with Gasteiger partial charge in [-0.15, -0.1) is 5.10 Å². The van der Waals surface area contributed by atoms with Gasteiger partial charge in [-0.1, -0.05) is 31.4 Å². The van der Waals surface area contributed by atoms with E-state index in [1.54, 1.807) is 6.07 Å². The van der Waals surface area contributed by atoms with E-state index in [4.69, 9.17) is 17.3 Å². The molecule has 1 heterocycles. The smallest absolute Gasteiger partial charge is 0.183 e. The first-order chi connectivity index (χ1) is 10.1. The van der Waals surface area contributed by atoms with Crippen molar-refractivity contribution in [3.05, 3.63) is 23.2 Å². The van der Waals surface area contributed by atoms with Gasteiger partial charge in [0.1, 0.15) is 0 Å². The minimum Gasteiger partial charge on any atom is -0.399 e. The molecule has 1 aromatic carbocycles. The Kier molecular flexibility index (Phi) is 3.85. The van der Waals surface area contributed by atoms with Crippen LogP contribution in [-0.2, 0) is 6.54 Å². The van der Waals surface area contributed by atoms with Crippen LogP contribution in [0.15, 0.2) is 18.2 Å². The van der Waals surface area contributed by atoms with Crippen molar-refractivity contribution in [2.45, 2.75) is 45.6 Å². The lowest BCUT2D eigenvalue weighted by Gasteiger charge is -2.27. The zero-order chi connectivity index (χ0) is 14.9. The third-order valence-electron chi connectivity index (χ3n) is 4.67. The molecule has 1 saturated carbocycles. The summed E-state index contributed by atoms with van der Waals surface area (Å²) < 4.78 is 1.90. The molecule has 21 heavy (non-hydrogen) atoms. The van der Waals surface area contributed by atoms with Gasteiger partial charge >= 0.3 is 0 Å². The number of hydrogen-bond acceptors (Lipinski definition) is 4. The molecule has 0 radical (unpaired) electrons. The first-order valence-electron chi connectivity index (χ1n) is 7.45. The molecule has 0 aliphatic heterocycles. The maximum Gasteiger partial charge on any atom is 0.183 e. The lowest BCUT2D eigenvalue weighted by atomic mass is 9.83. The highest BCUT2D eigenvalue weighted by Gasteiger charge is 2.33. The van der Waals surface area contributed by atoms with Crippen LogP contribution in [-0.4, -0.2) is 20.2 Å². The Morgan fingerprint density at radius 2 is 2.10 bits per heavy atom. The number of nitrogens with zero attached hydrogens (tertiary/aromatic N) is 4. The number of hydrogen-bond donors (Lipinski definition) is 1. The van der Waals surface area contributed by atoms with Crippen LogP contribution in [0, 0.1) is 5.41 Å². The minimum absolute atomic E-state index is 0.324. The van der Waals surface area contributed by atoms with E-state index in [-0.39, 0.29) is 0 Å². The normalized spacial score (nSPS) is 17.2. The van der Waals surface area contributed by atoms with E-state index >= 15 is 0 Å². The lowest BCUT2D eigenvalue weighted by molar-refractivity contribution is 0.226. The summed E-state index contributed by atoms with van der Waals surface area (Å²) in [6.45, 7) is 3.11. The molecule has 112 valence electrons. The highest BCUT2D eigenvalue weighted by atomic mass is 35.5. The molecule has 0 unspecified atom stereocenters. The van der Waals surface area contributed by atoms with E-state index in [9.17, 15) is 0 Å². The average Bonchev–Trinajstić information content (AvgIpc) is 3.10. The van der Waals surface area contributed by atoms with Crippen LogP contribution in [0.2, 0.25) is 5.02 Å². The lowest BCUT2D eigenvalue weighted by Crippen LogP contribution is -2.24. The Balaban J connectivity index is 1.94. The number of anilines is 1. The molecule has 6 heteroatoms. The van der Waals surface area contributed by atoms with Crippen molar-refractivity contribution in [3.8, 4) is 11.4 Å². The summed E-state index contributed by atoms with van der Waals surface area (Å²) in [5.41, 5.74) is 7.55. The van der Waals surface area contributed by atoms with Gasteiger partial charge in [0.25, 0.3) is 0 Å². The fraction of sp³-hybridized carbons (Fsp3) is 0.533. The van der Waals surface area contributed by atoms with Gasteiger partial charge in [0.15, 0.2) is 5.82 Å². The molecular weight excluding hydrogens is 286 g/mol. The van der Waals surface area contributed by atoms with E-state index in [2.05, 4.69) is 22.4 Å². The van der Waals surface area contributed by atoms with Gasteiger partial charge in [-0.3, -0.25) is 0 Å². The predicted molar refractivity (Wildman–Crippen MR) is 83.9 cm³/mol. The molecule has 1 aliphatic rings. The minimum atomic E-state index is 0.324. The van der Waals surface area contributed by atoms with Gasteiger partial charge < -0.3 is 5.73 Å². The molecule has 0 atom stereocenters. The molecule has 2 aromatic rings. The standard InChI is InChI=1S/C15H20ClN5/c1-2-15(7-3-4-8-15)10-21-14(18-19-20-21)12-6-5-11(17)9-13(12)16/h5-6,9H,2-4,7-8,10,17H2,1H3. The summed E-state index contributed by atoms with van der Waals surface area (Å²) in [6.07, 6.45) is 6.25. The zero-order valence-electron chi connectivity index (χ0n) is 12.2. The summed E-state index contributed by atoms with van der Waals surface area (Å²) >= 11 is 6.29. The van der Waals surface area contributed by atoms with Crippen LogP contribution in [0.25, 0.3) is 11.4 Å². The van der Waals surface area contributed by atoms with Crippen LogP contribution in [0.1, 0.15) is 39.0 Å². The van der Waals surface area contributed by atoms with Crippen molar-refractivity contribution in [1.29, 1.82) is 0 Å². The van der Waals surface area contributed by atoms with Crippen molar-refractivity contribution >= 4 is 17.3 Å². The van der Waals surface area contributed by atoms with Gasteiger partial charge in [0.2, 0.25) is 0 Å². The molecular formula is C15H20ClN5. The first-order valence-corrected chi connectivity index (χ1v) is 7.83. The Labute approximate surface area is 129 Å². The maximum absolute atomic E-state index is 6.29. The van der Waals surface area contributed by atoms with Crippen LogP contribution in [0.3, 0.4) is 0 Å². The van der Waals surface area contributed by atoms with Crippen LogP contribution >= 0.6 is 11.6 Å². The van der Waals surface area contributed by atoms with E-state index in [0.29, 0.717) is 16.1 Å². The molecule has 1 aromatic heterocycles. The van der Waals surface area contributed by atoms with Crippen LogP contribution in [0.5, 0.6) is 0 Å². The fourth-order valence-electron chi connectivity index (χ4n) is 3.28. The van der Waals surface area contributed by atoms with Crippen molar-refractivity contribution in [2.24, 2.45) is 5.41 Å². The Bertz CT molecular complexity index is 631. The summed E-state index contributed by atoms with van der Waals surface area (Å²) in [5.74, 6) is 0.722. The fourth-order valence-corrected chi connectivity index (χ4v) is 3.56. The molecule has 1 fully saturated rings. The number of nitrogen functional groups attached to an aromatic ring is 1. The predicted octanol–water partition coefficient (Wildman–Crippen LogP) is 3.55. The van der Waals surface area contributed by atoms with Crippen LogP contribution in [0.4, 0.5) is 5.69 Å². The van der Waals surface area contributed by atoms with E-state index in [1.165, 1.54) is 25.7 Å². The third kappa shape index (κ3) is 2.75. The van der Waals surface area contributed by atoms with Gasteiger partial charge in [-0.2, -0.15) is 0 Å². The maximum atomic E-state index is 6.29. The quantitative estimate of drug-likeness (QED) is 0.877. The molecule has 0 bridgehead atoms. The molecule has 2 N–H and O–H groups in total. The van der Waals surface area contributed by atoms with Crippen molar-refractivity contribution in [3.63, 3.8) is 0 Å². The second-order valence-electron chi connectivity index (χ2n) is 5.96. The van der Waals surface area contributed by atoms with Gasteiger partial charge in [0.05, 0.1) is 11.6 Å². The Morgan fingerprint density at radius 1 is 1.33 bits per heavy atom. The van der Waals surface area contributed by atoms with Crippen molar-refractivity contribution in [1.82, 2.24) is 20.2 Å². The largest absolute Gasteiger partial charge is 0.399 e. The van der Waals surface area contributed by atoms with Crippen molar-refractivity contribution in [2.75, 3.05) is 5.73 Å². The monoisotopic (exact) mass is 305 g/mol. The van der Waals surface area contributed by atoms with Crippen molar-refractivity contribution < 1.29 is 0 Å². The summed E-state index contributed by atoms with van der Waals surface area (Å²) in [4.78, 5) is 0. The number of halogens is 1. The summed E-state index contributed by atoms with van der Waals surface area (Å²) in [6, 6.07) is 5.44.